The van der Waals surface area contributed by atoms with Crippen LogP contribution in [-0.2, 0) is 6.54 Å². The maximum atomic E-state index is 13.7. The van der Waals surface area contributed by atoms with E-state index in [-0.39, 0.29) is 0 Å². The zero-order chi connectivity index (χ0) is 14.8. The molecule has 1 heterocycles. The van der Waals surface area contributed by atoms with E-state index < -0.39 is 11.6 Å². The van der Waals surface area contributed by atoms with Crippen molar-refractivity contribution in [2.75, 3.05) is 0 Å². The minimum Gasteiger partial charge on any atom is -0.326 e. The first-order chi connectivity index (χ1) is 10.2. The lowest BCUT2D eigenvalue weighted by Gasteiger charge is -2.08. The molecule has 21 heavy (non-hydrogen) atoms. The maximum Gasteiger partial charge on any atom is 0.140 e. The molecular weight excluding hydrogens is 290 g/mol. The van der Waals surface area contributed by atoms with Crippen LogP contribution in [0, 0.1) is 11.6 Å². The van der Waals surface area contributed by atoms with Crippen LogP contribution in [-0.4, -0.2) is 4.98 Å². The summed E-state index contributed by atoms with van der Waals surface area (Å²) in [6.07, 6.45) is 0. The second-order valence-electron chi connectivity index (χ2n) is 4.52. The molecule has 2 N–H and O–H groups in total. The Hall–Kier alpha value is -1.98. The van der Waals surface area contributed by atoms with Gasteiger partial charge in [0.25, 0.3) is 0 Å². The van der Waals surface area contributed by atoms with E-state index >= 15 is 0 Å². The number of para-hydroxylation sites is 1. The van der Waals surface area contributed by atoms with Gasteiger partial charge in [0.2, 0.25) is 0 Å². The number of benzene rings is 2. The summed E-state index contributed by atoms with van der Waals surface area (Å²) in [5.74, 6) is -1.18. The van der Waals surface area contributed by atoms with Gasteiger partial charge in [-0.2, -0.15) is 0 Å². The summed E-state index contributed by atoms with van der Waals surface area (Å²) in [5, 5.41) is 1.63. The average molecular weight is 302 g/mol. The van der Waals surface area contributed by atoms with Crippen molar-refractivity contribution in [3.8, 4) is 0 Å². The van der Waals surface area contributed by atoms with Gasteiger partial charge in [-0.05, 0) is 29.8 Å². The van der Waals surface area contributed by atoms with Crippen molar-refractivity contribution < 1.29 is 8.78 Å². The van der Waals surface area contributed by atoms with Crippen LogP contribution in [0.1, 0.15) is 5.56 Å². The van der Waals surface area contributed by atoms with Gasteiger partial charge in [-0.3, -0.25) is 0 Å². The van der Waals surface area contributed by atoms with Crippen molar-refractivity contribution in [1.82, 2.24) is 4.98 Å². The monoisotopic (exact) mass is 302 g/mol. The Morgan fingerprint density at radius 3 is 2.62 bits per heavy atom. The fraction of sp³-hybridized carbons (Fsp3) is 0.0625. The van der Waals surface area contributed by atoms with Crippen molar-refractivity contribution in [1.29, 1.82) is 0 Å². The summed E-state index contributed by atoms with van der Waals surface area (Å²) >= 11 is 1.16. The van der Waals surface area contributed by atoms with E-state index in [0.29, 0.717) is 16.5 Å². The summed E-state index contributed by atoms with van der Waals surface area (Å²) in [7, 11) is 0. The third-order valence-electron chi connectivity index (χ3n) is 3.11. The van der Waals surface area contributed by atoms with Gasteiger partial charge in [-0.1, -0.05) is 30.0 Å². The molecule has 0 aliphatic carbocycles. The van der Waals surface area contributed by atoms with Crippen LogP contribution in [0.3, 0.4) is 0 Å². The van der Waals surface area contributed by atoms with Gasteiger partial charge in [0.1, 0.15) is 16.7 Å². The highest BCUT2D eigenvalue weighted by molar-refractivity contribution is 7.99. The molecule has 0 atom stereocenters. The lowest BCUT2D eigenvalue weighted by atomic mass is 10.1. The molecule has 0 fully saturated rings. The molecule has 0 aliphatic heterocycles. The summed E-state index contributed by atoms with van der Waals surface area (Å²) in [6, 6.07) is 13.0. The fourth-order valence-electron chi connectivity index (χ4n) is 2.11. The molecule has 3 aromatic rings. The lowest BCUT2D eigenvalue weighted by Crippen LogP contribution is -1.99. The lowest BCUT2D eigenvalue weighted by molar-refractivity contribution is 0.565. The van der Waals surface area contributed by atoms with Crippen LogP contribution in [0.25, 0.3) is 10.9 Å². The Morgan fingerprint density at radius 2 is 1.86 bits per heavy atom. The standard InChI is InChI=1S/C16H12F2N2S/c17-11-5-6-15(13(18)8-11)21-16-7-10(9-19)12-3-1-2-4-14(12)20-16/h1-8H,9,19H2. The van der Waals surface area contributed by atoms with Crippen LogP contribution in [0.5, 0.6) is 0 Å². The number of halogens is 2. The van der Waals surface area contributed by atoms with Crippen LogP contribution < -0.4 is 5.73 Å². The van der Waals surface area contributed by atoms with E-state index in [9.17, 15) is 8.78 Å². The van der Waals surface area contributed by atoms with Crippen LogP contribution >= 0.6 is 11.8 Å². The number of nitrogens with two attached hydrogens (primary N) is 1. The topological polar surface area (TPSA) is 38.9 Å². The number of hydrogen-bond donors (Lipinski definition) is 1. The quantitative estimate of drug-likeness (QED) is 0.791. The number of hydrogen-bond acceptors (Lipinski definition) is 3. The SMILES string of the molecule is NCc1cc(Sc2ccc(F)cc2F)nc2ccccc12. The molecule has 0 saturated heterocycles. The Morgan fingerprint density at radius 1 is 1.05 bits per heavy atom. The minimum atomic E-state index is -0.593. The van der Waals surface area contributed by atoms with Gasteiger partial charge in [-0.25, -0.2) is 13.8 Å². The van der Waals surface area contributed by atoms with E-state index in [0.717, 1.165) is 34.3 Å². The highest BCUT2D eigenvalue weighted by atomic mass is 32.2. The third-order valence-corrected chi connectivity index (χ3v) is 4.08. The second kappa shape index (κ2) is 5.79. The second-order valence-corrected chi connectivity index (χ2v) is 5.58. The van der Waals surface area contributed by atoms with Crippen molar-refractivity contribution in [3.63, 3.8) is 0 Å². The highest BCUT2D eigenvalue weighted by Crippen LogP contribution is 2.31. The van der Waals surface area contributed by atoms with E-state index in [1.165, 1.54) is 12.1 Å². The third kappa shape index (κ3) is 2.89. The number of rotatable bonds is 3. The first-order valence-corrected chi connectivity index (χ1v) is 7.20. The molecule has 0 unspecified atom stereocenters. The van der Waals surface area contributed by atoms with Gasteiger partial charge in [0.15, 0.2) is 0 Å². The van der Waals surface area contributed by atoms with Crippen molar-refractivity contribution in [2.45, 2.75) is 16.5 Å². The van der Waals surface area contributed by atoms with Gasteiger partial charge in [-0.15, -0.1) is 0 Å². The minimum absolute atomic E-state index is 0.335. The fourth-order valence-corrected chi connectivity index (χ4v) is 2.98. The predicted molar refractivity (Wildman–Crippen MR) is 80.1 cm³/mol. The zero-order valence-corrected chi connectivity index (χ0v) is 11.8. The maximum absolute atomic E-state index is 13.7. The number of aromatic nitrogens is 1. The molecular formula is C16H12F2N2S. The molecule has 3 rings (SSSR count). The molecule has 2 nitrogen and oxygen atoms in total. The predicted octanol–water partition coefficient (Wildman–Crippen LogP) is 4.12. The van der Waals surface area contributed by atoms with Gasteiger partial charge in [0, 0.05) is 22.9 Å². The summed E-state index contributed by atoms with van der Waals surface area (Å²) in [6.45, 7) is 0.377. The summed E-state index contributed by atoms with van der Waals surface area (Å²) in [4.78, 5) is 4.82. The molecule has 0 amide bonds. The molecule has 106 valence electrons. The number of pyridine rings is 1. The van der Waals surface area contributed by atoms with Gasteiger partial charge < -0.3 is 5.73 Å². The molecule has 0 bridgehead atoms. The van der Waals surface area contributed by atoms with E-state index in [4.69, 9.17) is 5.73 Å². The van der Waals surface area contributed by atoms with Gasteiger partial charge in [0.05, 0.1) is 5.52 Å². The van der Waals surface area contributed by atoms with Crippen molar-refractivity contribution >= 4 is 22.7 Å². The normalized spacial score (nSPS) is 11.0. The largest absolute Gasteiger partial charge is 0.326 e. The first-order valence-electron chi connectivity index (χ1n) is 6.39. The molecule has 0 aliphatic rings. The molecule has 0 spiro atoms. The average Bonchev–Trinajstić information content (AvgIpc) is 2.49. The zero-order valence-electron chi connectivity index (χ0n) is 11.0. The van der Waals surface area contributed by atoms with E-state index in [2.05, 4.69) is 4.98 Å². The molecule has 0 radical (unpaired) electrons. The van der Waals surface area contributed by atoms with Crippen LogP contribution in [0.2, 0.25) is 0 Å². The Labute approximate surface area is 125 Å². The Kier molecular flexibility index (Phi) is 3.86. The van der Waals surface area contributed by atoms with E-state index in [1.54, 1.807) is 0 Å². The van der Waals surface area contributed by atoms with Crippen LogP contribution in [0.15, 0.2) is 58.5 Å². The summed E-state index contributed by atoms with van der Waals surface area (Å²) in [5.41, 5.74) is 7.53. The van der Waals surface area contributed by atoms with E-state index in [1.807, 2.05) is 30.3 Å². The molecule has 0 saturated carbocycles. The molecule has 1 aromatic heterocycles. The van der Waals surface area contributed by atoms with Gasteiger partial charge >= 0.3 is 0 Å². The molecule has 2 aromatic carbocycles. The molecule has 5 heteroatoms. The van der Waals surface area contributed by atoms with Crippen molar-refractivity contribution in [2.24, 2.45) is 5.73 Å². The number of fused-ring (bicyclic) bond motifs is 1. The Balaban J connectivity index is 2.04. The smallest absolute Gasteiger partial charge is 0.140 e. The summed E-state index contributed by atoms with van der Waals surface area (Å²) < 4.78 is 26.7. The highest BCUT2D eigenvalue weighted by Gasteiger charge is 2.09. The first kappa shape index (κ1) is 14.0. The van der Waals surface area contributed by atoms with Crippen molar-refractivity contribution in [3.05, 3.63) is 65.7 Å². The van der Waals surface area contributed by atoms with Crippen LogP contribution in [0.4, 0.5) is 8.78 Å². The Bertz CT molecular complexity index is 805. The number of nitrogens with zero attached hydrogens (tertiary/aromatic N) is 1.